The molecule has 21 heavy (non-hydrogen) atoms. The molecule has 1 aromatic carbocycles. The Balaban J connectivity index is 2.49. The van der Waals surface area contributed by atoms with E-state index in [4.69, 9.17) is 11.6 Å². The third-order valence-corrected chi connectivity index (χ3v) is 5.86. The molecule has 1 heterocycles. The standard InChI is InChI=1S/C13H15ClFNO4S/c14-10-6-5-9(15)8-12(10)21(19,20)16-7-3-1-2-4-11(16)13(17)18/h5-6,8,11H,1-4,7H2,(H,17,18). The van der Waals surface area contributed by atoms with Gasteiger partial charge in [-0.15, -0.1) is 0 Å². The van der Waals surface area contributed by atoms with Crippen LogP contribution in [0.4, 0.5) is 4.39 Å². The molecule has 1 atom stereocenters. The average molecular weight is 336 g/mol. The van der Waals surface area contributed by atoms with Crippen molar-refractivity contribution in [3.05, 3.63) is 29.0 Å². The van der Waals surface area contributed by atoms with Gasteiger partial charge in [0.15, 0.2) is 0 Å². The molecule has 116 valence electrons. The van der Waals surface area contributed by atoms with Crippen LogP contribution in [0.25, 0.3) is 0 Å². The van der Waals surface area contributed by atoms with E-state index >= 15 is 0 Å². The maximum absolute atomic E-state index is 13.3. The number of nitrogens with zero attached hydrogens (tertiary/aromatic N) is 1. The Morgan fingerprint density at radius 2 is 2.05 bits per heavy atom. The molecule has 0 amide bonds. The molecule has 1 fully saturated rings. The fraction of sp³-hybridized carbons (Fsp3) is 0.462. The monoisotopic (exact) mass is 335 g/mol. The van der Waals surface area contributed by atoms with Gasteiger partial charge < -0.3 is 5.11 Å². The minimum atomic E-state index is -4.15. The van der Waals surface area contributed by atoms with Crippen molar-refractivity contribution in [1.82, 2.24) is 4.31 Å². The Morgan fingerprint density at radius 3 is 2.71 bits per heavy atom. The number of carbonyl (C=O) groups is 1. The van der Waals surface area contributed by atoms with Crippen molar-refractivity contribution < 1.29 is 22.7 Å². The Labute approximate surface area is 127 Å². The molecule has 0 spiro atoms. The summed E-state index contributed by atoms with van der Waals surface area (Å²) in [6.07, 6.45) is 2.20. The Morgan fingerprint density at radius 1 is 1.33 bits per heavy atom. The maximum atomic E-state index is 13.3. The zero-order valence-electron chi connectivity index (χ0n) is 11.1. The minimum Gasteiger partial charge on any atom is -0.480 e. The lowest BCUT2D eigenvalue weighted by atomic mass is 10.1. The predicted octanol–water partition coefficient (Wildman–Crippen LogP) is 2.50. The molecule has 0 bridgehead atoms. The lowest BCUT2D eigenvalue weighted by Crippen LogP contribution is -2.44. The summed E-state index contributed by atoms with van der Waals surface area (Å²) in [6.45, 7) is 0.0894. The summed E-state index contributed by atoms with van der Waals surface area (Å²) in [5.74, 6) is -1.94. The fourth-order valence-corrected chi connectivity index (χ4v) is 4.56. The third kappa shape index (κ3) is 3.36. The number of sulfonamides is 1. The highest BCUT2D eigenvalue weighted by molar-refractivity contribution is 7.89. The highest BCUT2D eigenvalue weighted by Crippen LogP contribution is 2.29. The predicted molar refractivity (Wildman–Crippen MR) is 75.2 cm³/mol. The summed E-state index contributed by atoms with van der Waals surface area (Å²) in [4.78, 5) is 10.9. The number of hydrogen-bond acceptors (Lipinski definition) is 3. The van der Waals surface area contributed by atoms with Crippen LogP contribution in [0.1, 0.15) is 25.7 Å². The van der Waals surface area contributed by atoms with Gasteiger partial charge in [-0.25, -0.2) is 12.8 Å². The molecular formula is C13H15ClFNO4S. The SMILES string of the molecule is O=C(O)C1CCCCCN1S(=O)(=O)c1cc(F)ccc1Cl. The van der Waals surface area contributed by atoms with Gasteiger partial charge in [0.1, 0.15) is 16.8 Å². The molecule has 1 unspecified atom stereocenters. The van der Waals surface area contributed by atoms with Gasteiger partial charge in [-0.2, -0.15) is 4.31 Å². The van der Waals surface area contributed by atoms with E-state index in [0.29, 0.717) is 12.8 Å². The van der Waals surface area contributed by atoms with Crippen LogP contribution in [-0.2, 0) is 14.8 Å². The number of halogens is 2. The highest BCUT2D eigenvalue weighted by Gasteiger charge is 2.37. The highest BCUT2D eigenvalue weighted by atomic mass is 35.5. The quantitative estimate of drug-likeness (QED) is 0.921. The van der Waals surface area contributed by atoms with Crippen LogP contribution in [0.2, 0.25) is 5.02 Å². The zero-order valence-corrected chi connectivity index (χ0v) is 12.7. The summed E-state index contributed by atoms with van der Waals surface area (Å²) in [5.41, 5.74) is 0. The topological polar surface area (TPSA) is 74.7 Å². The van der Waals surface area contributed by atoms with Gasteiger partial charge in [-0.05, 0) is 31.0 Å². The number of carboxylic acids is 1. The molecule has 1 aliphatic heterocycles. The molecule has 0 saturated carbocycles. The van der Waals surface area contributed by atoms with Crippen LogP contribution < -0.4 is 0 Å². The van der Waals surface area contributed by atoms with Crippen molar-refractivity contribution in [2.45, 2.75) is 36.6 Å². The van der Waals surface area contributed by atoms with Crippen molar-refractivity contribution in [3.63, 3.8) is 0 Å². The van der Waals surface area contributed by atoms with Crippen molar-refractivity contribution >= 4 is 27.6 Å². The fourth-order valence-electron chi connectivity index (χ4n) is 2.42. The van der Waals surface area contributed by atoms with E-state index in [1.54, 1.807) is 0 Å². The smallest absolute Gasteiger partial charge is 0.322 e. The molecule has 0 aromatic heterocycles. The van der Waals surface area contributed by atoms with Crippen LogP contribution >= 0.6 is 11.6 Å². The number of aliphatic carboxylic acids is 1. The third-order valence-electron chi connectivity index (χ3n) is 3.47. The van der Waals surface area contributed by atoms with Gasteiger partial charge >= 0.3 is 5.97 Å². The lowest BCUT2D eigenvalue weighted by Gasteiger charge is -2.26. The van der Waals surface area contributed by atoms with Crippen molar-refractivity contribution in [2.75, 3.05) is 6.54 Å². The van der Waals surface area contributed by atoms with Gasteiger partial charge in [0, 0.05) is 6.54 Å². The van der Waals surface area contributed by atoms with Gasteiger partial charge in [-0.3, -0.25) is 4.79 Å². The molecule has 1 aromatic rings. The molecule has 0 radical (unpaired) electrons. The second-order valence-electron chi connectivity index (χ2n) is 4.89. The Hall–Kier alpha value is -1.18. The summed E-state index contributed by atoms with van der Waals surface area (Å²) in [5, 5.41) is 9.13. The lowest BCUT2D eigenvalue weighted by molar-refractivity contribution is -0.141. The Bertz CT molecular complexity index is 650. The number of rotatable bonds is 3. The van der Waals surface area contributed by atoms with Gasteiger partial charge in [0.25, 0.3) is 0 Å². The summed E-state index contributed by atoms with van der Waals surface area (Å²) in [6, 6.07) is 1.88. The van der Waals surface area contributed by atoms with E-state index in [-0.39, 0.29) is 18.0 Å². The van der Waals surface area contributed by atoms with E-state index in [2.05, 4.69) is 0 Å². The first-order chi connectivity index (χ1) is 9.84. The largest absolute Gasteiger partial charge is 0.480 e. The first-order valence-electron chi connectivity index (χ1n) is 6.54. The molecular weight excluding hydrogens is 321 g/mol. The van der Waals surface area contributed by atoms with Gasteiger partial charge in [-0.1, -0.05) is 24.4 Å². The Kier molecular flexibility index (Phi) is 4.85. The van der Waals surface area contributed by atoms with E-state index in [9.17, 15) is 22.7 Å². The first-order valence-corrected chi connectivity index (χ1v) is 8.35. The molecule has 1 N–H and O–H groups in total. The van der Waals surface area contributed by atoms with Gasteiger partial charge in [0.2, 0.25) is 10.0 Å². The van der Waals surface area contributed by atoms with E-state index in [1.807, 2.05) is 0 Å². The molecule has 8 heteroatoms. The van der Waals surface area contributed by atoms with Crippen LogP contribution in [-0.4, -0.2) is 36.4 Å². The van der Waals surface area contributed by atoms with Crippen molar-refractivity contribution in [3.8, 4) is 0 Å². The second-order valence-corrected chi connectivity index (χ2v) is 7.16. The average Bonchev–Trinajstić information content (AvgIpc) is 2.67. The molecule has 5 nitrogen and oxygen atoms in total. The molecule has 1 saturated heterocycles. The van der Waals surface area contributed by atoms with E-state index < -0.39 is 32.7 Å². The van der Waals surface area contributed by atoms with Crippen LogP contribution in [0.3, 0.4) is 0 Å². The van der Waals surface area contributed by atoms with E-state index in [1.165, 1.54) is 0 Å². The second kappa shape index (κ2) is 6.29. The molecule has 0 aliphatic carbocycles. The molecule has 1 aliphatic rings. The first kappa shape index (κ1) is 16.2. The summed E-state index contributed by atoms with van der Waals surface area (Å²) < 4.78 is 39.5. The number of hydrogen-bond donors (Lipinski definition) is 1. The van der Waals surface area contributed by atoms with Crippen LogP contribution in [0, 0.1) is 5.82 Å². The number of carboxylic acid groups (broad SMARTS) is 1. The summed E-state index contributed by atoms with van der Waals surface area (Å²) in [7, 11) is -4.15. The van der Waals surface area contributed by atoms with Gasteiger partial charge in [0.05, 0.1) is 5.02 Å². The normalized spacial score (nSPS) is 21.0. The zero-order chi connectivity index (χ0) is 15.6. The van der Waals surface area contributed by atoms with Crippen molar-refractivity contribution in [2.24, 2.45) is 0 Å². The summed E-state index contributed by atoms with van der Waals surface area (Å²) >= 11 is 5.85. The van der Waals surface area contributed by atoms with Crippen LogP contribution in [0.15, 0.2) is 23.1 Å². The van der Waals surface area contributed by atoms with Crippen LogP contribution in [0.5, 0.6) is 0 Å². The van der Waals surface area contributed by atoms with Crippen molar-refractivity contribution in [1.29, 1.82) is 0 Å². The number of benzene rings is 1. The minimum absolute atomic E-state index is 0.0894. The van der Waals surface area contributed by atoms with E-state index in [0.717, 1.165) is 28.9 Å². The maximum Gasteiger partial charge on any atom is 0.322 e. The molecule has 2 rings (SSSR count).